The maximum absolute atomic E-state index is 12.2. The summed E-state index contributed by atoms with van der Waals surface area (Å²) < 4.78 is 5.65. The van der Waals surface area contributed by atoms with E-state index in [0.29, 0.717) is 17.1 Å². The first-order chi connectivity index (χ1) is 12.0. The highest BCUT2D eigenvalue weighted by molar-refractivity contribution is 6.00. The third-order valence-electron chi connectivity index (χ3n) is 3.60. The van der Waals surface area contributed by atoms with Crippen LogP contribution in [0.3, 0.4) is 0 Å². The van der Waals surface area contributed by atoms with Crippen molar-refractivity contribution in [2.75, 3.05) is 23.8 Å². The van der Waals surface area contributed by atoms with E-state index in [4.69, 9.17) is 10.5 Å². The lowest BCUT2D eigenvalue weighted by atomic mass is 10.1. The van der Waals surface area contributed by atoms with E-state index in [-0.39, 0.29) is 31.4 Å². The molecular weight excluding hydrogens is 318 g/mol. The number of carbonyl (C=O) groups is 2. The Bertz CT molecular complexity index is 739. The van der Waals surface area contributed by atoms with Crippen LogP contribution in [0.2, 0.25) is 0 Å². The molecule has 0 saturated carbocycles. The molecule has 0 aliphatic rings. The molecule has 0 spiro atoms. The second kappa shape index (κ2) is 8.84. The molecule has 0 fully saturated rings. The van der Waals surface area contributed by atoms with E-state index in [1.807, 2.05) is 32.0 Å². The van der Waals surface area contributed by atoms with E-state index in [1.165, 1.54) is 0 Å². The predicted molar refractivity (Wildman–Crippen MR) is 98.8 cm³/mol. The molecule has 0 radical (unpaired) electrons. The second-order valence-corrected chi connectivity index (χ2v) is 5.69. The molecule has 0 aromatic heterocycles. The average molecular weight is 341 g/mol. The van der Waals surface area contributed by atoms with E-state index in [1.54, 1.807) is 24.3 Å². The molecule has 4 N–H and O–H groups in total. The van der Waals surface area contributed by atoms with Gasteiger partial charge in [0.25, 0.3) is 5.91 Å². The molecule has 0 saturated heterocycles. The zero-order chi connectivity index (χ0) is 18.2. The Hall–Kier alpha value is -2.86. The molecule has 2 amide bonds. The number of rotatable bonds is 7. The van der Waals surface area contributed by atoms with Crippen molar-refractivity contribution in [3.8, 4) is 5.75 Å². The van der Waals surface area contributed by atoms with Gasteiger partial charge < -0.3 is 21.1 Å². The van der Waals surface area contributed by atoms with Crippen molar-refractivity contribution < 1.29 is 14.3 Å². The van der Waals surface area contributed by atoms with Crippen LogP contribution >= 0.6 is 0 Å². The summed E-state index contributed by atoms with van der Waals surface area (Å²) in [5.41, 5.74) is 8.37. The molecule has 2 rings (SSSR count). The van der Waals surface area contributed by atoms with Crippen molar-refractivity contribution in [2.45, 2.75) is 20.3 Å². The average Bonchev–Trinajstić information content (AvgIpc) is 2.56. The van der Waals surface area contributed by atoms with E-state index in [2.05, 4.69) is 10.6 Å². The zero-order valence-electron chi connectivity index (χ0n) is 14.5. The molecule has 2 aromatic carbocycles. The molecule has 0 atom stereocenters. The number of nitrogens with one attached hydrogen (secondary N) is 2. The number of benzene rings is 2. The van der Waals surface area contributed by atoms with E-state index in [0.717, 1.165) is 11.1 Å². The molecule has 6 heteroatoms. The highest BCUT2D eigenvalue weighted by Gasteiger charge is 2.11. The van der Waals surface area contributed by atoms with Gasteiger partial charge in [-0.2, -0.15) is 0 Å². The van der Waals surface area contributed by atoms with Gasteiger partial charge in [-0.05, 0) is 37.1 Å². The summed E-state index contributed by atoms with van der Waals surface area (Å²) in [4.78, 5) is 23.9. The fraction of sp³-hybridized carbons (Fsp3) is 0.263. The van der Waals surface area contributed by atoms with Crippen molar-refractivity contribution in [2.24, 2.45) is 5.73 Å². The van der Waals surface area contributed by atoms with Gasteiger partial charge in [-0.25, -0.2) is 0 Å². The zero-order valence-corrected chi connectivity index (χ0v) is 14.5. The van der Waals surface area contributed by atoms with Crippen LogP contribution < -0.4 is 21.1 Å². The molecule has 6 nitrogen and oxygen atoms in total. The van der Waals surface area contributed by atoms with Gasteiger partial charge in [0.05, 0.1) is 11.4 Å². The van der Waals surface area contributed by atoms with Gasteiger partial charge in [0.2, 0.25) is 5.91 Å². The largest absolute Gasteiger partial charge is 0.483 e. The summed E-state index contributed by atoms with van der Waals surface area (Å²) in [6.07, 6.45) is 0.220. The Balaban J connectivity index is 2.00. The number of amides is 2. The predicted octanol–water partition coefficient (Wildman–Crippen LogP) is 2.61. The van der Waals surface area contributed by atoms with Crippen molar-refractivity contribution >= 4 is 23.2 Å². The molecule has 0 bridgehead atoms. The fourth-order valence-electron chi connectivity index (χ4n) is 2.40. The van der Waals surface area contributed by atoms with Crippen LogP contribution in [0.25, 0.3) is 0 Å². The van der Waals surface area contributed by atoms with Crippen molar-refractivity contribution in [3.63, 3.8) is 0 Å². The number of ether oxygens (including phenoxy) is 1. The van der Waals surface area contributed by atoms with Gasteiger partial charge in [0.1, 0.15) is 5.75 Å². The third-order valence-corrected chi connectivity index (χ3v) is 3.60. The molecule has 0 unspecified atom stereocenters. The summed E-state index contributed by atoms with van der Waals surface area (Å²) >= 11 is 0. The van der Waals surface area contributed by atoms with Crippen LogP contribution in [0, 0.1) is 13.8 Å². The summed E-state index contributed by atoms with van der Waals surface area (Å²) in [7, 11) is 0. The smallest absolute Gasteiger partial charge is 0.262 e. The number of carbonyl (C=O) groups excluding carboxylic acids is 2. The van der Waals surface area contributed by atoms with Crippen LogP contribution in [0.15, 0.2) is 42.5 Å². The third kappa shape index (κ3) is 5.32. The summed E-state index contributed by atoms with van der Waals surface area (Å²) in [5.74, 6) is 0.210. The highest BCUT2D eigenvalue weighted by atomic mass is 16.5. The number of hydrogen-bond donors (Lipinski definition) is 3. The Kier molecular flexibility index (Phi) is 6.54. The molecule has 0 aliphatic heterocycles. The number of aryl methyl sites for hydroxylation is 2. The van der Waals surface area contributed by atoms with Gasteiger partial charge in [-0.3, -0.25) is 9.59 Å². The van der Waals surface area contributed by atoms with Crippen LogP contribution in [0.5, 0.6) is 5.75 Å². The van der Waals surface area contributed by atoms with Crippen LogP contribution in [-0.2, 0) is 9.59 Å². The van der Waals surface area contributed by atoms with Gasteiger partial charge in [-0.1, -0.05) is 30.3 Å². The van der Waals surface area contributed by atoms with Gasteiger partial charge in [0.15, 0.2) is 6.61 Å². The maximum atomic E-state index is 12.2. The Morgan fingerprint density at radius 3 is 2.04 bits per heavy atom. The quantitative estimate of drug-likeness (QED) is 0.721. The van der Waals surface area contributed by atoms with Gasteiger partial charge in [0, 0.05) is 13.0 Å². The first kappa shape index (κ1) is 18.5. The minimum absolute atomic E-state index is 0.114. The van der Waals surface area contributed by atoms with Crippen LogP contribution in [0.1, 0.15) is 17.5 Å². The van der Waals surface area contributed by atoms with Gasteiger partial charge >= 0.3 is 0 Å². The normalized spacial score (nSPS) is 10.2. The Labute approximate surface area is 147 Å². The number of anilines is 2. The monoisotopic (exact) mass is 341 g/mol. The molecule has 0 aliphatic carbocycles. The maximum Gasteiger partial charge on any atom is 0.262 e. The number of hydrogen-bond acceptors (Lipinski definition) is 4. The lowest BCUT2D eigenvalue weighted by Crippen LogP contribution is -2.22. The van der Waals surface area contributed by atoms with E-state index in [9.17, 15) is 9.59 Å². The topological polar surface area (TPSA) is 93.5 Å². The highest BCUT2D eigenvalue weighted by Crippen LogP contribution is 2.23. The molecular formula is C19H23N3O3. The lowest BCUT2D eigenvalue weighted by molar-refractivity contribution is -0.118. The van der Waals surface area contributed by atoms with Gasteiger partial charge in [-0.15, -0.1) is 0 Å². The van der Waals surface area contributed by atoms with Crippen molar-refractivity contribution in [1.82, 2.24) is 0 Å². The standard InChI is InChI=1S/C19H23N3O3/c1-13-6-5-7-14(2)19(13)25-12-18(24)22-16-9-4-3-8-15(16)21-17(23)10-11-20/h3-9H,10-12,20H2,1-2H3,(H,21,23)(H,22,24). The lowest BCUT2D eigenvalue weighted by Gasteiger charge is -2.14. The summed E-state index contributed by atoms with van der Waals surface area (Å²) in [6.45, 7) is 4.02. The molecule has 25 heavy (non-hydrogen) atoms. The van der Waals surface area contributed by atoms with E-state index >= 15 is 0 Å². The number of nitrogens with two attached hydrogens (primary N) is 1. The summed E-state index contributed by atoms with van der Waals surface area (Å²) in [6, 6.07) is 12.8. The van der Waals surface area contributed by atoms with Crippen molar-refractivity contribution in [1.29, 1.82) is 0 Å². The first-order valence-electron chi connectivity index (χ1n) is 8.09. The molecule has 132 valence electrons. The number of para-hydroxylation sites is 3. The first-order valence-corrected chi connectivity index (χ1v) is 8.09. The molecule has 2 aromatic rings. The summed E-state index contributed by atoms with van der Waals surface area (Å²) in [5, 5.41) is 5.49. The minimum Gasteiger partial charge on any atom is -0.483 e. The molecule has 0 heterocycles. The SMILES string of the molecule is Cc1cccc(C)c1OCC(=O)Nc1ccccc1NC(=O)CCN. The Morgan fingerprint density at radius 1 is 0.920 bits per heavy atom. The van der Waals surface area contributed by atoms with Crippen LogP contribution in [-0.4, -0.2) is 25.0 Å². The second-order valence-electron chi connectivity index (χ2n) is 5.69. The van der Waals surface area contributed by atoms with Crippen LogP contribution in [0.4, 0.5) is 11.4 Å². The van der Waals surface area contributed by atoms with E-state index < -0.39 is 0 Å². The fourth-order valence-corrected chi connectivity index (χ4v) is 2.40. The van der Waals surface area contributed by atoms with Crippen molar-refractivity contribution in [3.05, 3.63) is 53.6 Å². The Morgan fingerprint density at radius 2 is 1.48 bits per heavy atom. The minimum atomic E-state index is -0.303.